The molecule has 1 amide bonds. The van der Waals surface area contributed by atoms with Gasteiger partial charge >= 0.3 is 0 Å². The van der Waals surface area contributed by atoms with E-state index in [2.05, 4.69) is 27.9 Å². The van der Waals surface area contributed by atoms with Crippen LogP contribution in [0.25, 0.3) is 10.9 Å². The van der Waals surface area contributed by atoms with E-state index in [0.29, 0.717) is 51.1 Å². The summed E-state index contributed by atoms with van der Waals surface area (Å²) in [5, 5.41) is 18.5. The van der Waals surface area contributed by atoms with E-state index in [1.165, 1.54) is 18.3 Å². The summed E-state index contributed by atoms with van der Waals surface area (Å²) < 4.78 is 36.4. The minimum atomic E-state index is -0.670. The Hall–Kier alpha value is -5.32. The van der Waals surface area contributed by atoms with Gasteiger partial charge in [-0.2, -0.15) is 0 Å². The van der Waals surface area contributed by atoms with Gasteiger partial charge in [0.25, 0.3) is 5.91 Å². The van der Waals surface area contributed by atoms with Crippen molar-refractivity contribution in [2.24, 2.45) is 0 Å². The first kappa shape index (κ1) is 32.6. The Balaban J connectivity index is 1.59. The molecule has 1 atom stereocenters. The number of nitrogens with zero attached hydrogens (tertiary/aromatic N) is 1. The quantitative estimate of drug-likeness (QED) is 0.0842. The van der Waals surface area contributed by atoms with Crippen LogP contribution in [0.4, 0.5) is 21.5 Å². The standard InChI is InChI=1S/C34H38FN5O5/c1-7-21(4)39-27-16-23(40-34(41)33(36)32(44-8-2)19-38-25-11-9-22(35)15-20(25)3)10-12-29(27)45-28-13-14-37-26-18-31(43-6)30(42-5)17-24(26)28/h9-19,21,36,38-39H,7-8H2,1-6H3,(H,40,41)/b32-19+,36-33?. The van der Waals surface area contributed by atoms with E-state index < -0.39 is 5.91 Å². The van der Waals surface area contributed by atoms with Gasteiger partial charge in [0, 0.05) is 41.3 Å². The second-order valence-corrected chi connectivity index (χ2v) is 10.2. The summed E-state index contributed by atoms with van der Waals surface area (Å²) in [5.41, 5.74) is 2.68. The molecule has 0 aliphatic heterocycles. The van der Waals surface area contributed by atoms with E-state index in [9.17, 15) is 9.18 Å². The Kier molecular flexibility index (Phi) is 10.8. The lowest BCUT2D eigenvalue weighted by molar-refractivity contribution is -0.110. The van der Waals surface area contributed by atoms with Gasteiger partial charge in [-0.25, -0.2) is 4.39 Å². The van der Waals surface area contributed by atoms with Gasteiger partial charge in [0.1, 0.15) is 11.6 Å². The molecule has 10 nitrogen and oxygen atoms in total. The van der Waals surface area contributed by atoms with Crippen molar-refractivity contribution < 1.29 is 28.1 Å². The molecule has 0 saturated heterocycles. The molecule has 236 valence electrons. The van der Waals surface area contributed by atoms with Crippen molar-refractivity contribution in [3.8, 4) is 23.0 Å². The van der Waals surface area contributed by atoms with Gasteiger partial charge in [-0.3, -0.25) is 15.2 Å². The highest BCUT2D eigenvalue weighted by atomic mass is 19.1. The predicted molar refractivity (Wildman–Crippen MR) is 176 cm³/mol. The lowest BCUT2D eigenvalue weighted by Gasteiger charge is -2.19. The minimum absolute atomic E-state index is 0.0354. The normalized spacial score (nSPS) is 11.8. The second-order valence-electron chi connectivity index (χ2n) is 10.2. The third-order valence-electron chi connectivity index (χ3n) is 7.00. The van der Waals surface area contributed by atoms with E-state index in [-0.39, 0.29) is 29.9 Å². The van der Waals surface area contributed by atoms with Crippen molar-refractivity contribution in [1.82, 2.24) is 4.98 Å². The summed E-state index contributed by atoms with van der Waals surface area (Å²) in [4.78, 5) is 17.6. The number of pyridine rings is 1. The Bertz CT molecular complexity index is 1730. The third-order valence-corrected chi connectivity index (χ3v) is 7.00. The number of halogens is 1. The molecule has 0 saturated carbocycles. The first-order valence-electron chi connectivity index (χ1n) is 14.5. The zero-order chi connectivity index (χ0) is 32.5. The van der Waals surface area contributed by atoms with Gasteiger partial charge < -0.3 is 34.9 Å². The van der Waals surface area contributed by atoms with Crippen molar-refractivity contribution in [2.45, 2.75) is 40.2 Å². The molecule has 4 N–H and O–H groups in total. The topological polar surface area (TPSA) is 127 Å². The molecule has 1 heterocycles. The van der Waals surface area contributed by atoms with Crippen LogP contribution < -0.4 is 30.2 Å². The zero-order valence-electron chi connectivity index (χ0n) is 26.2. The predicted octanol–water partition coefficient (Wildman–Crippen LogP) is 7.65. The molecule has 4 rings (SSSR count). The van der Waals surface area contributed by atoms with E-state index >= 15 is 0 Å². The lowest BCUT2D eigenvalue weighted by Crippen LogP contribution is -2.25. The van der Waals surface area contributed by atoms with Crippen LogP contribution in [0.5, 0.6) is 23.0 Å². The van der Waals surface area contributed by atoms with Gasteiger partial charge in [-0.15, -0.1) is 0 Å². The minimum Gasteiger partial charge on any atom is -0.493 e. The maximum Gasteiger partial charge on any atom is 0.277 e. The maximum absolute atomic E-state index is 13.5. The summed E-state index contributed by atoms with van der Waals surface area (Å²) >= 11 is 0. The van der Waals surface area contributed by atoms with Crippen LogP contribution in [0, 0.1) is 18.2 Å². The Morgan fingerprint density at radius 1 is 0.978 bits per heavy atom. The number of fused-ring (bicyclic) bond motifs is 1. The highest BCUT2D eigenvalue weighted by Crippen LogP contribution is 2.39. The number of hydrogen-bond acceptors (Lipinski definition) is 9. The fourth-order valence-corrected chi connectivity index (χ4v) is 4.41. The highest BCUT2D eigenvalue weighted by molar-refractivity contribution is 6.47. The summed E-state index contributed by atoms with van der Waals surface area (Å²) in [6.45, 7) is 7.85. The number of nitrogens with one attached hydrogen (secondary N) is 4. The van der Waals surface area contributed by atoms with Crippen LogP contribution in [0.1, 0.15) is 32.8 Å². The smallest absolute Gasteiger partial charge is 0.277 e. The van der Waals surface area contributed by atoms with Gasteiger partial charge in [0.2, 0.25) is 0 Å². The van der Waals surface area contributed by atoms with Gasteiger partial charge in [0.05, 0.1) is 32.0 Å². The van der Waals surface area contributed by atoms with Gasteiger partial charge in [-0.1, -0.05) is 6.92 Å². The maximum atomic E-state index is 13.5. The van der Waals surface area contributed by atoms with Crippen LogP contribution in [-0.4, -0.2) is 43.5 Å². The molecular formula is C34H38FN5O5. The second kappa shape index (κ2) is 14.9. The number of rotatable bonds is 14. The summed E-state index contributed by atoms with van der Waals surface area (Å²) in [7, 11) is 3.13. The van der Waals surface area contributed by atoms with Crippen molar-refractivity contribution in [1.29, 1.82) is 5.41 Å². The van der Waals surface area contributed by atoms with Crippen molar-refractivity contribution >= 4 is 39.6 Å². The SMILES string of the molecule is CCO/C(=C/Nc1ccc(F)cc1C)C(=N)C(=O)Nc1ccc(Oc2ccnc3cc(OC)c(OC)cc23)c(NC(C)CC)c1. The molecule has 1 unspecified atom stereocenters. The Morgan fingerprint density at radius 2 is 1.73 bits per heavy atom. The molecule has 0 aliphatic carbocycles. The van der Waals surface area contributed by atoms with Gasteiger partial charge in [0.15, 0.2) is 28.7 Å². The van der Waals surface area contributed by atoms with E-state index in [1.54, 1.807) is 70.7 Å². The highest BCUT2D eigenvalue weighted by Gasteiger charge is 2.19. The molecule has 1 aromatic heterocycles. The fourth-order valence-electron chi connectivity index (χ4n) is 4.41. The molecule has 0 radical (unpaired) electrons. The number of carbonyl (C=O) groups excluding carboxylic acids is 1. The lowest BCUT2D eigenvalue weighted by atomic mass is 10.1. The zero-order valence-corrected chi connectivity index (χ0v) is 26.2. The number of aromatic nitrogens is 1. The fraction of sp³-hybridized carbons (Fsp3) is 0.265. The molecule has 0 aliphatic rings. The van der Waals surface area contributed by atoms with Crippen LogP contribution >= 0.6 is 0 Å². The van der Waals surface area contributed by atoms with E-state index in [0.717, 1.165) is 11.8 Å². The van der Waals surface area contributed by atoms with Crippen LogP contribution in [0.2, 0.25) is 0 Å². The summed E-state index contributed by atoms with van der Waals surface area (Å²) in [5.74, 6) is 1.20. The number of aryl methyl sites for hydroxylation is 1. The molecular weight excluding hydrogens is 577 g/mol. The van der Waals surface area contributed by atoms with E-state index in [4.69, 9.17) is 24.4 Å². The van der Waals surface area contributed by atoms with Crippen molar-refractivity contribution in [2.75, 3.05) is 36.8 Å². The number of hydrogen-bond donors (Lipinski definition) is 4. The number of amides is 1. The molecule has 4 aromatic rings. The third kappa shape index (κ3) is 7.99. The average Bonchev–Trinajstić information content (AvgIpc) is 3.03. The van der Waals surface area contributed by atoms with Gasteiger partial charge in [-0.05, 0) is 81.3 Å². The number of carbonyl (C=O) groups is 1. The van der Waals surface area contributed by atoms with Crippen molar-refractivity contribution in [3.63, 3.8) is 0 Å². The van der Waals surface area contributed by atoms with Crippen LogP contribution in [0.15, 0.2) is 72.8 Å². The first-order valence-corrected chi connectivity index (χ1v) is 14.5. The molecule has 3 aromatic carbocycles. The Morgan fingerprint density at radius 3 is 2.42 bits per heavy atom. The number of anilines is 3. The van der Waals surface area contributed by atoms with Crippen molar-refractivity contribution in [3.05, 3.63) is 84.1 Å². The summed E-state index contributed by atoms with van der Waals surface area (Å²) in [6.07, 6.45) is 3.92. The van der Waals surface area contributed by atoms with Crippen LogP contribution in [0.3, 0.4) is 0 Å². The number of methoxy groups -OCH3 is 2. The Labute approximate surface area is 262 Å². The first-order chi connectivity index (χ1) is 21.7. The van der Waals surface area contributed by atoms with E-state index in [1.807, 2.05) is 13.0 Å². The number of benzene rings is 3. The molecule has 0 bridgehead atoms. The summed E-state index contributed by atoms with van der Waals surface area (Å²) in [6, 6.07) is 14.9. The molecule has 0 spiro atoms. The molecule has 0 fully saturated rings. The molecule has 11 heteroatoms. The van der Waals surface area contributed by atoms with Crippen LogP contribution in [-0.2, 0) is 9.53 Å². The molecule has 45 heavy (non-hydrogen) atoms. The number of ether oxygens (including phenoxy) is 4. The largest absolute Gasteiger partial charge is 0.493 e. The monoisotopic (exact) mass is 615 g/mol. The average molecular weight is 616 g/mol.